The van der Waals surface area contributed by atoms with Crippen LogP contribution < -0.4 is 10.3 Å². The van der Waals surface area contributed by atoms with Gasteiger partial charge >= 0.3 is 0 Å². The Morgan fingerprint density at radius 1 is 1.50 bits per heavy atom. The van der Waals surface area contributed by atoms with Crippen LogP contribution in [-0.4, -0.2) is 19.1 Å². The minimum atomic E-state index is 0.0300. The number of aromatic amines is 1. The van der Waals surface area contributed by atoms with E-state index in [1.807, 2.05) is 19.0 Å². The van der Waals surface area contributed by atoms with Crippen LogP contribution in [-0.2, 0) is 0 Å². The molecule has 3 nitrogen and oxygen atoms in total. The molecule has 0 aromatic carbocycles. The van der Waals surface area contributed by atoms with Gasteiger partial charge in [-0.25, -0.2) is 0 Å². The van der Waals surface area contributed by atoms with E-state index in [9.17, 15) is 4.79 Å². The van der Waals surface area contributed by atoms with E-state index in [1.54, 1.807) is 12.3 Å². The number of aromatic nitrogens is 1. The van der Waals surface area contributed by atoms with E-state index < -0.39 is 0 Å². The molecule has 1 aromatic rings. The van der Waals surface area contributed by atoms with Crippen molar-refractivity contribution >= 4 is 5.82 Å². The molecule has 10 heavy (non-hydrogen) atoms. The predicted octanol–water partition coefficient (Wildman–Crippen LogP) is 0.441. The average molecular weight is 138 g/mol. The van der Waals surface area contributed by atoms with Crippen molar-refractivity contribution in [1.82, 2.24) is 4.98 Å². The number of nitrogens with zero attached hydrogens (tertiary/aromatic N) is 1. The van der Waals surface area contributed by atoms with Crippen LogP contribution in [0.25, 0.3) is 0 Å². The molecule has 0 aliphatic heterocycles. The molecule has 1 heterocycles. The molecule has 1 N–H and O–H groups in total. The highest BCUT2D eigenvalue weighted by Crippen LogP contribution is 1.98. The van der Waals surface area contributed by atoms with Crippen molar-refractivity contribution in [1.29, 1.82) is 0 Å². The summed E-state index contributed by atoms with van der Waals surface area (Å²) in [5, 5.41) is 0. The molecular weight excluding hydrogens is 128 g/mol. The minimum absolute atomic E-state index is 0.0300. The van der Waals surface area contributed by atoms with Gasteiger partial charge in [-0.3, -0.25) is 4.79 Å². The molecule has 0 radical (unpaired) electrons. The lowest BCUT2D eigenvalue weighted by Crippen LogP contribution is -2.13. The topological polar surface area (TPSA) is 36.1 Å². The average Bonchev–Trinajstić information content (AvgIpc) is 1.88. The first-order valence-electron chi connectivity index (χ1n) is 3.06. The van der Waals surface area contributed by atoms with Gasteiger partial charge in [-0.1, -0.05) is 0 Å². The largest absolute Gasteiger partial charge is 0.364 e. The Kier molecular flexibility index (Phi) is 1.76. The van der Waals surface area contributed by atoms with E-state index in [4.69, 9.17) is 0 Å². The SMILES string of the molecule is CN(C)c1cc(=O)cc[nH]1. The summed E-state index contributed by atoms with van der Waals surface area (Å²) in [5.41, 5.74) is 0.0300. The number of H-pyrrole nitrogens is 1. The van der Waals surface area contributed by atoms with E-state index in [1.165, 1.54) is 6.07 Å². The number of hydrogen-bond donors (Lipinski definition) is 1. The van der Waals surface area contributed by atoms with Crippen LogP contribution >= 0.6 is 0 Å². The van der Waals surface area contributed by atoms with Gasteiger partial charge in [-0.2, -0.15) is 0 Å². The van der Waals surface area contributed by atoms with Crippen molar-refractivity contribution in [3.8, 4) is 0 Å². The van der Waals surface area contributed by atoms with Crippen molar-refractivity contribution in [2.75, 3.05) is 19.0 Å². The predicted molar refractivity (Wildman–Crippen MR) is 41.4 cm³/mol. The normalized spacial score (nSPS) is 9.40. The maximum Gasteiger partial charge on any atom is 0.183 e. The molecule has 54 valence electrons. The summed E-state index contributed by atoms with van der Waals surface area (Å²) < 4.78 is 0. The fourth-order valence-corrected chi connectivity index (χ4v) is 0.692. The standard InChI is InChI=1S/C7H10N2O/c1-9(2)7-5-6(10)3-4-8-7/h3-5H,1-2H3,(H,8,10). The Balaban J connectivity index is 3.07. The van der Waals surface area contributed by atoms with E-state index in [0.29, 0.717) is 0 Å². The van der Waals surface area contributed by atoms with E-state index in [2.05, 4.69) is 4.98 Å². The van der Waals surface area contributed by atoms with Gasteiger partial charge in [-0.15, -0.1) is 0 Å². The van der Waals surface area contributed by atoms with Crippen molar-refractivity contribution in [2.45, 2.75) is 0 Å². The molecule has 0 fully saturated rings. The molecule has 0 aliphatic carbocycles. The minimum Gasteiger partial charge on any atom is -0.364 e. The molecule has 0 atom stereocenters. The van der Waals surface area contributed by atoms with Crippen LogP contribution in [0.1, 0.15) is 0 Å². The quantitative estimate of drug-likeness (QED) is 0.611. The van der Waals surface area contributed by atoms with Crippen molar-refractivity contribution in [3.05, 3.63) is 28.6 Å². The van der Waals surface area contributed by atoms with E-state index in [-0.39, 0.29) is 5.43 Å². The third-order valence-electron chi connectivity index (χ3n) is 1.24. The second-order valence-corrected chi connectivity index (χ2v) is 2.30. The lowest BCUT2D eigenvalue weighted by Gasteiger charge is -2.09. The Bertz CT molecular complexity index is 264. The van der Waals surface area contributed by atoms with Crippen LogP contribution in [0, 0.1) is 0 Å². The number of rotatable bonds is 1. The summed E-state index contributed by atoms with van der Waals surface area (Å²) in [6.45, 7) is 0. The Morgan fingerprint density at radius 2 is 2.20 bits per heavy atom. The maximum atomic E-state index is 10.7. The molecule has 0 saturated carbocycles. The molecule has 0 aliphatic rings. The van der Waals surface area contributed by atoms with Crippen molar-refractivity contribution in [3.63, 3.8) is 0 Å². The highest BCUT2D eigenvalue weighted by atomic mass is 16.1. The number of anilines is 1. The molecule has 1 aromatic heterocycles. The van der Waals surface area contributed by atoms with Gasteiger partial charge in [0.15, 0.2) is 5.43 Å². The fourth-order valence-electron chi connectivity index (χ4n) is 0.692. The lowest BCUT2D eigenvalue weighted by atomic mass is 10.4. The monoisotopic (exact) mass is 138 g/mol. The third kappa shape index (κ3) is 1.37. The molecule has 0 bridgehead atoms. The summed E-state index contributed by atoms with van der Waals surface area (Å²) in [6, 6.07) is 3.05. The van der Waals surface area contributed by atoms with Crippen molar-refractivity contribution < 1.29 is 0 Å². The lowest BCUT2D eigenvalue weighted by molar-refractivity contribution is 1.06. The Labute approximate surface area is 59.3 Å². The number of pyridine rings is 1. The zero-order valence-electron chi connectivity index (χ0n) is 6.09. The zero-order chi connectivity index (χ0) is 7.56. The highest BCUT2D eigenvalue weighted by molar-refractivity contribution is 5.34. The second kappa shape index (κ2) is 2.56. The zero-order valence-corrected chi connectivity index (χ0v) is 6.09. The van der Waals surface area contributed by atoms with Gasteiger partial charge in [0.25, 0.3) is 0 Å². The molecule has 3 heteroatoms. The summed E-state index contributed by atoms with van der Waals surface area (Å²) >= 11 is 0. The number of hydrogen-bond acceptors (Lipinski definition) is 2. The summed E-state index contributed by atoms with van der Waals surface area (Å²) in [7, 11) is 3.76. The molecule has 0 amide bonds. The Hall–Kier alpha value is -1.25. The van der Waals surface area contributed by atoms with E-state index >= 15 is 0 Å². The summed E-state index contributed by atoms with van der Waals surface area (Å²) in [5.74, 6) is 0.826. The maximum absolute atomic E-state index is 10.7. The van der Waals surface area contributed by atoms with Crippen LogP contribution in [0.4, 0.5) is 5.82 Å². The molecule has 0 saturated heterocycles. The van der Waals surface area contributed by atoms with Gasteiger partial charge in [0.1, 0.15) is 5.82 Å². The van der Waals surface area contributed by atoms with Crippen LogP contribution in [0.2, 0.25) is 0 Å². The smallest absolute Gasteiger partial charge is 0.183 e. The highest BCUT2D eigenvalue weighted by Gasteiger charge is 1.92. The van der Waals surface area contributed by atoms with Gasteiger partial charge in [0, 0.05) is 32.4 Å². The van der Waals surface area contributed by atoms with Crippen molar-refractivity contribution in [2.24, 2.45) is 0 Å². The number of nitrogens with one attached hydrogen (secondary N) is 1. The third-order valence-corrected chi connectivity index (χ3v) is 1.24. The van der Waals surface area contributed by atoms with Crippen LogP contribution in [0.3, 0.4) is 0 Å². The van der Waals surface area contributed by atoms with Gasteiger partial charge < -0.3 is 9.88 Å². The first kappa shape index (κ1) is 6.86. The van der Waals surface area contributed by atoms with Crippen LogP contribution in [0.5, 0.6) is 0 Å². The molecular formula is C7H10N2O. The second-order valence-electron chi connectivity index (χ2n) is 2.30. The van der Waals surface area contributed by atoms with E-state index in [0.717, 1.165) is 5.82 Å². The molecule has 0 unspecified atom stereocenters. The van der Waals surface area contributed by atoms with Gasteiger partial charge in [0.05, 0.1) is 0 Å². The summed E-state index contributed by atoms with van der Waals surface area (Å²) in [4.78, 5) is 15.5. The fraction of sp³-hybridized carbons (Fsp3) is 0.286. The van der Waals surface area contributed by atoms with Crippen LogP contribution in [0.15, 0.2) is 23.1 Å². The summed E-state index contributed by atoms with van der Waals surface area (Å²) in [6.07, 6.45) is 1.64. The first-order valence-corrected chi connectivity index (χ1v) is 3.06. The first-order chi connectivity index (χ1) is 4.70. The van der Waals surface area contributed by atoms with Gasteiger partial charge in [-0.05, 0) is 0 Å². The molecule has 1 rings (SSSR count). The molecule has 0 spiro atoms. The Morgan fingerprint density at radius 3 is 2.60 bits per heavy atom. The van der Waals surface area contributed by atoms with Gasteiger partial charge in [0.2, 0.25) is 0 Å².